The molecule has 2 aromatic rings. The van der Waals surface area contributed by atoms with Crippen molar-refractivity contribution in [1.82, 2.24) is 0 Å². The van der Waals surface area contributed by atoms with Crippen LogP contribution in [-0.2, 0) is 18.9 Å². The van der Waals surface area contributed by atoms with Crippen LogP contribution in [0.2, 0.25) is 0 Å². The number of rotatable bonds is 6. The largest absolute Gasteiger partial charge is 0.497 e. The van der Waals surface area contributed by atoms with Crippen LogP contribution in [0.15, 0.2) is 42.5 Å². The second kappa shape index (κ2) is 8.85. The van der Waals surface area contributed by atoms with Crippen molar-refractivity contribution in [2.45, 2.75) is 31.2 Å². The van der Waals surface area contributed by atoms with Gasteiger partial charge in [0.05, 0.1) is 24.8 Å². The highest BCUT2D eigenvalue weighted by Crippen LogP contribution is 2.36. The van der Waals surface area contributed by atoms with Gasteiger partial charge >= 0.3 is 18.5 Å². The Morgan fingerprint density at radius 2 is 1.48 bits per heavy atom. The number of methoxy groups -OCH3 is 1. The van der Waals surface area contributed by atoms with Crippen molar-refractivity contribution in [2.75, 3.05) is 18.6 Å². The average molecular weight is 461 g/mol. The van der Waals surface area contributed by atoms with Gasteiger partial charge in [-0.2, -0.15) is 39.5 Å². The number of aliphatic hydroxyl groups excluding tert-OH is 1. The molecule has 0 spiro atoms. The lowest BCUT2D eigenvalue weighted by Gasteiger charge is -2.29. The van der Waals surface area contributed by atoms with Gasteiger partial charge in [0.1, 0.15) is 5.75 Å². The molecule has 12 heteroatoms. The molecule has 0 aromatic heterocycles. The van der Waals surface area contributed by atoms with E-state index in [0.29, 0.717) is 23.1 Å². The van der Waals surface area contributed by atoms with E-state index >= 15 is 0 Å². The summed E-state index contributed by atoms with van der Waals surface area (Å²) in [4.78, 5) is 0.700. The monoisotopic (exact) mass is 461 g/mol. The molecule has 0 heterocycles. The zero-order valence-corrected chi connectivity index (χ0v) is 15.7. The third-order valence-corrected chi connectivity index (χ3v) is 4.22. The number of anilines is 1. The lowest BCUT2D eigenvalue weighted by atomic mass is 10.1. The fraction of sp³-hybridized carbons (Fsp3) is 0.368. The predicted molar refractivity (Wildman–Crippen MR) is 92.6 cm³/mol. The minimum absolute atomic E-state index is 0.124. The van der Waals surface area contributed by atoms with E-state index in [-0.39, 0.29) is 11.3 Å². The molecule has 0 radical (unpaired) electrons. The molecule has 2 rings (SSSR count). The number of aliphatic hydroxyl groups is 1. The third-order valence-electron chi connectivity index (χ3n) is 4.22. The standard InChI is InChI=1S/C19H16F9NO2/c1-31-15-7-13(18(23,24)25)6-14(8-15)29(10-16(30)19(26,27)28)9-11-3-2-4-12(5-11)17(20,21)22/h2-8,16,30H,9-10H2,1H3. The molecule has 1 unspecified atom stereocenters. The van der Waals surface area contributed by atoms with Crippen LogP contribution in [-0.4, -0.2) is 31.0 Å². The maximum absolute atomic E-state index is 13.2. The van der Waals surface area contributed by atoms with E-state index in [1.54, 1.807) is 0 Å². The quantitative estimate of drug-likeness (QED) is 0.564. The van der Waals surface area contributed by atoms with Gasteiger partial charge in [0.25, 0.3) is 0 Å². The molecule has 0 saturated carbocycles. The molecule has 2 aromatic carbocycles. The van der Waals surface area contributed by atoms with Crippen LogP contribution in [0.25, 0.3) is 0 Å². The summed E-state index contributed by atoms with van der Waals surface area (Å²) in [5.41, 5.74) is -2.87. The fourth-order valence-corrected chi connectivity index (χ4v) is 2.69. The zero-order chi connectivity index (χ0) is 23.6. The van der Waals surface area contributed by atoms with E-state index in [2.05, 4.69) is 0 Å². The number of ether oxygens (including phenoxy) is 1. The van der Waals surface area contributed by atoms with Crippen LogP contribution >= 0.6 is 0 Å². The highest BCUT2D eigenvalue weighted by atomic mass is 19.4. The van der Waals surface area contributed by atoms with Gasteiger partial charge in [-0.05, 0) is 29.8 Å². The van der Waals surface area contributed by atoms with Crippen molar-refractivity contribution < 1.29 is 49.4 Å². The molecule has 0 bridgehead atoms. The maximum atomic E-state index is 13.2. The molecular formula is C19H16F9NO2. The lowest BCUT2D eigenvalue weighted by Crippen LogP contribution is -2.41. The number of hydrogen-bond donors (Lipinski definition) is 1. The van der Waals surface area contributed by atoms with Gasteiger partial charge < -0.3 is 14.7 Å². The van der Waals surface area contributed by atoms with Gasteiger partial charge in [0.15, 0.2) is 6.10 Å². The van der Waals surface area contributed by atoms with E-state index in [1.807, 2.05) is 0 Å². The van der Waals surface area contributed by atoms with Crippen LogP contribution in [0, 0.1) is 0 Å². The molecule has 0 amide bonds. The fourth-order valence-electron chi connectivity index (χ4n) is 2.69. The van der Waals surface area contributed by atoms with Crippen LogP contribution in [0.4, 0.5) is 45.2 Å². The molecule has 0 saturated heterocycles. The Bertz CT molecular complexity index is 891. The first-order chi connectivity index (χ1) is 14.1. The Morgan fingerprint density at radius 3 is 2.00 bits per heavy atom. The minimum Gasteiger partial charge on any atom is -0.497 e. The predicted octanol–water partition coefficient (Wildman–Crippen LogP) is 5.66. The second-order valence-electron chi connectivity index (χ2n) is 6.55. The van der Waals surface area contributed by atoms with Crippen molar-refractivity contribution in [2.24, 2.45) is 0 Å². The van der Waals surface area contributed by atoms with E-state index in [9.17, 15) is 44.6 Å². The number of alkyl halides is 9. The average Bonchev–Trinajstić information content (AvgIpc) is 2.65. The number of hydrogen-bond acceptors (Lipinski definition) is 3. The van der Waals surface area contributed by atoms with Crippen LogP contribution in [0.1, 0.15) is 16.7 Å². The van der Waals surface area contributed by atoms with Crippen LogP contribution in [0.3, 0.4) is 0 Å². The Hall–Kier alpha value is -2.63. The van der Waals surface area contributed by atoms with Gasteiger partial charge in [-0.15, -0.1) is 0 Å². The van der Waals surface area contributed by atoms with Crippen molar-refractivity contribution in [3.8, 4) is 5.75 Å². The molecule has 31 heavy (non-hydrogen) atoms. The third kappa shape index (κ3) is 6.68. The highest BCUT2D eigenvalue weighted by molar-refractivity contribution is 5.55. The topological polar surface area (TPSA) is 32.7 Å². The molecule has 1 N–H and O–H groups in total. The van der Waals surface area contributed by atoms with E-state index in [4.69, 9.17) is 4.74 Å². The number of nitrogens with zero attached hydrogens (tertiary/aromatic N) is 1. The molecule has 0 aliphatic heterocycles. The molecule has 0 aliphatic rings. The van der Waals surface area contributed by atoms with Crippen LogP contribution in [0.5, 0.6) is 5.75 Å². The molecule has 172 valence electrons. The van der Waals surface area contributed by atoms with Gasteiger partial charge in [0, 0.05) is 18.3 Å². The van der Waals surface area contributed by atoms with E-state index < -0.39 is 54.5 Å². The smallest absolute Gasteiger partial charge is 0.416 e. The Morgan fingerprint density at radius 1 is 0.871 bits per heavy atom. The maximum Gasteiger partial charge on any atom is 0.416 e. The highest BCUT2D eigenvalue weighted by Gasteiger charge is 2.40. The molecular weight excluding hydrogens is 445 g/mol. The van der Waals surface area contributed by atoms with Crippen molar-refractivity contribution in [1.29, 1.82) is 0 Å². The first-order valence-electron chi connectivity index (χ1n) is 8.53. The molecule has 0 fully saturated rings. The van der Waals surface area contributed by atoms with Crippen molar-refractivity contribution >= 4 is 5.69 Å². The normalized spacial score (nSPS) is 13.8. The second-order valence-corrected chi connectivity index (χ2v) is 6.55. The van der Waals surface area contributed by atoms with Crippen molar-refractivity contribution in [3.63, 3.8) is 0 Å². The number of halogens is 9. The first kappa shape index (κ1) is 24.6. The van der Waals surface area contributed by atoms with Crippen molar-refractivity contribution in [3.05, 3.63) is 59.2 Å². The summed E-state index contributed by atoms with van der Waals surface area (Å²) in [5, 5.41) is 9.43. The summed E-state index contributed by atoms with van der Waals surface area (Å²) in [6, 6.07) is 5.73. The Kier molecular flexibility index (Phi) is 7.03. The molecule has 1 atom stereocenters. The molecule has 3 nitrogen and oxygen atoms in total. The summed E-state index contributed by atoms with van der Waals surface area (Å²) in [6.07, 6.45) is -17.7. The summed E-state index contributed by atoms with van der Waals surface area (Å²) in [7, 11) is 1.04. The van der Waals surface area contributed by atoms with Gasteiger partial charge in [-0.1, -0.05) is 12.1 Å². The summed E-state index contributed by atoms with van der Waals surface area (Å²) in [6.45, 7) is -1.86. The summed E-state index contributed by atoms with van der Waals surface area (Å²) < 4.78 is 122. The summed E-state index contributed by atoms with van der Waals surface area (Å²) >= 11 is 0. The van der Waals surface area contributed by atoms with Crippen LogP contribution < -0.4 is 9.64 Å². The van der Waals surface area contributed by atoms with Gasteiger partial charge in [-0.3, -0.25) is 0 Å². The van der Waals surface area contributed by atoms with Gasteiger partial charge in [-0.25, -0.2) is 0 Å². The molecule has 0 aliphatic carbocycles. The Balaban J connectivity index is 2.52. The van der Waals surface area contributed by atoms with E-state index in [1.165, 1.54) is 6.07 Å². The van der Waals surface area contributed by atoms with Gasteiger partial charge in [0.2, 0.25) is 0 Å². The SMILES string of the molecule is COc1cc(N(Cc2cccc(C(F)(F)F)c2)CC(O)C(F)(F)F)cc(C(F)(F)F)c1. The lowest BCUT2D eigenvalue weighted by molar-refractivity contribution is -0.200. The van der Waals surface area contributed by atoms with E-state index in [0.717, 1.165) is 25.3 Å². The zero-order valence-electron chi connectivity index (χ0n) is 15.7. The first-order valence-corrected chi connectivity index (χ1v) is 8.53. The Labute approximate surface area is 170 Å². The number of benzene rings is 2. The minimum atomic E-state index is -5.10. The summed E-state index contributed by atoms with van der Waals surface area (Å²) in [5.74, 6) is -0.333.